The molecule has 0 aromatic carbocycles. The Balaban J connectivity index is 1.97. The lowest BCUT2D eigenvalue weighted by Crippen LogP contribution is -2.30. The van der Waals surface area contributed by atoms with E-state index in [1.54, 1.807) is 19.2 Å². The Morgan fingerprint density at radius 3 is 2.89 bits per heavy atom. The zero-order chi connectivity index (χ0) is 13.8. The maximum Gasteiger partial charge on any atom is 0.251 e. The highest BCUT2D eigenvalue weighted by molar-refractivity contribution is 6.29. The number of halogens is 1. The summed E-state index contributed by atoms with van der Waals surface area (Å²) >= 11 is 5.89. The van der Waals surface area contributed by atoms with Crippen molar-refractivity contribution in [2.75, 3.05) is 18.9 Å². The van der Waals surface area contributed by atoms with Gasteiger partial charge in [-0.3, -0.25) is 4.79 Å². The molecule has 4 nitrogen and oxygen atoms in total. The van der Waals surface area contributed by atoms with Crippen LogP contribution in [0.25, 0.3) is 0 Å². The van der Waals surface area contributed by atoms with Crippen LogP contribution in [0.5, 0.6) is 0 Å². The van der Waals surface area contributed by atoms with Crippen LogP contribution >= 0.6 is 11.6 Å². The summed E-state index contributed by atoms with van der Waals surface area (Å²) in [5, 5.41) is 6.21. The molecule has 0 aliphatic heterocycles. The van der Waals surface area contributed by atoms with Gasteiger partial charge in [0.25, 0.3) is 5.91 Å². The number of aromatic nitrogens is 1. The molecule has 1 aliphatic carbocycles. The van der Waals surface area contributed by atoms with Crippen molar-refractivity contribution in [2.24, 2.45) is 11.8 Å². The van der Waals surface area contributed by atoms with E-state index in [0.29, 0.717) is 28.4 Å². The van der Waals surface area contributed by atoms with Gasteiger partial charge in [-0.1, -0.05) is 31.4 Å². The van der Waals surface area contributed by atoms with Crippen molar-refractivity contribution < 1.29 is 4.79 Å². The fourth-order valence-corrected chi connectivity index (χ4v) is 2.82. The van der Waals surface area contributed by atoms with E-state index in [2.05, 4.69) is 22.5 Å². The summed E-state index contributed by atoms with van der Waals surface area (Å²) in [5.41, 5.74) is 0.551. The molecule has 1 aromatic rings. The average molecular weight is 282 g/mol. The van der Waals surface area contributed by atoms with E-state index in [0.717, 1.165) is 6.54 Å². The number of nitrogens with zero attached hydrogens (tertiary/aromatic N) is 1. The number of amides is 1. The van der Waals surface area contributed by atoms with E-state index >= 15 is 0 Å². The number of anilines is 1. The Morgan fingerprint density at radius 2 is 2.26 bits per heavy atom. The molecule has 0 saturated heterocycles. The summed E-state index contributed by atoms with van der Waals surface area (Å²) < 4.78 is 0. The molecular weight excluding hydrogens is 262 g/mol. The van der Waals surface area contributed by atoms with Crippen LogP contribution in [-0.2, 0) is 0 Å². The quantitative estimate of drug-likeness (QED) is 0.835. The molecular formula is C14H20ClN3O. The van der Waals surface area contributed by atoms with Gasteiger partial charge in [0, 0.05) is 19.2 Å². The summed E-state index contributed by atoms with van der Waals surface area (Å²) in [6.07, 6.45) is 3.75. The smallest absolute Gasteiger partial charge is 0.251 e. The molecule has 1 fully saturated rings. The first-order valence-electron chi connectivity index (χ1n) is 6.73. The minimum Gasteiger partial charge on any atom is -0.373 e. The Labute approximate surface area is 118 Å². The van der Waals surface area contributed by atoms with Gasteiger partial charge in [0.15, 0.2) is 0 Å². The molecule has 0 spiro atoms. The van der Waals surface area contributed by atoms with Gasteiger partial charge in [-0.15, -0.1) is 0 Å². The lowest BCUT2D eigenvalue weighted by molar-refractivity contribution is 0.0944. The van der Waals surface area contributed by atoms with Gasteiger partial charge in [0.2, 0.25) is 0 Å². The Kier molecular flexibility index (Phi) is 4.64. The molecule has 0 bridgehead atoms. The molecule has 1 amide bonds. The summed E-state index contributed by atoms with van der Waals surface area (Å²) in [4.78, 5) is 16.2. The maximum absolute atomic E-state index is 12.1. The van der Waals surface area contributed by atoms with Gasteiger partial charge < -0.3 is 10.6 Å². The number of rotatable bonds is 4. The summed E-state index contributed by atoms with van der Waals surface area (Å²) in [7, 11) is 1.75. The van der Waals surface area contributed by atoms with Crippen molar-refractivity contribution in [3.63, 3.8) is 0 Å². The fraction of sp³-hybridized carbons (Fsp3) is 0.571. The molecule has 1 aromatic heterocycles. The van der Waals surface area contributed by atoms with Crippen molar-refractivity contribution in [1.82, 2.24) is 10.3 Å². The molecule has 19 heavy (non-hydrogen) atoms. The molecule has 1 saturated carbocycles. The monoisotopic (exact) mass is 281 g/mol. The van der Waals surface area contributed by atoms with Crippen LogP contribution in [0, 0.1) is 11.8 Å². The van der Waals surface area contributed by atoms with E-state index in [1.807, 2.05) is 0 Å². The lowest BCUT2D eigenvalue weighted by Gasteiger charge is -2.16. The standard InChI is InChI=1S/C14H20ClN3O/c1-9-4-3-5-10(9)8-17-14(19)11-6-12(15)18-13(7-11)16-2/h6-7,9-10H,3-5,8H2,1-2H3,(H,16,18)(H,17,19). The molecule has 2 atom stereocenters. The fourth-order valence-electron chi connectivity index (χ4n) is 2.61. The number of carbonyl (C=O) groups is 1. The van der Waals surface area contributed by atoms with E-state index in [9.17, 15) is 4.79 Å². The topological polar surface area (TPSA) is 54.0 Å². The van der Waals surface area contributed by atoms with Crippen molar-refractivity contribution >= 4 is 23.3 Å². The first-order valence-corrected chi connectivity index (χ1v) is 7.11. The van der Waals surface area contributed by atoms with Crippen LogP contribution in [0.1, 0.15) is 36.5 Å². The third-order valence-corrected chi connectivity index (χ3v) is 4.07. The first-order chi connectivity index (χ1) is 9.10. The highest BCUT2D eigenvalue weighted by Gasteiger charge is 2.23. The summed E-state index contributed by atoms with van der Waals surface area (Å²) in [5.74, 6) is 1.83. The summed E-state index contributed by atoms with van der Waals surface area (Å²) in [6.45, 7) is 3.00. The largest absolute Gasteiger partial charge is 0.373 e. The first kappa shape index (κ1) is 14.1. The minimum absolute atomic E-state index is 0.0834. The Hall–Kier alpha value is -1.29. The predicted octanol–water partition coefficient (Wildman–Crippen LogP) is 2.94. The highest BCUT2D eigenvalue weighted by Crippen LogP contribution is 2.30. The van der Waals surface area contributed by atoms with Crippen LogP contribution in [0.15, 0.2) is 12.1 Å². The van der Waals surface area contributed by atoms with E-state index in [-0.39, 0.29) is 5.91 Å². The minimum atomic E-state index is -0.0834. The molecule has 0 radical (unpaired) electrons. The van der Waals surface area contributed by atoms with Gasteiger partial charge in [-0.2, -0.15) is 0 Å². The third-order valence-electron chi connectivity index (χ3n) is 3.88. The van der Waals surface area contributed by atoms with Crippen LogP contribution in [0.4, 0.5) is 5.82 Å². The molecule has 104 valence electrons. The van der Waals surface area contributed by atoms with Gasteiger partial charge >= 0.3 is 0 Å². The number of hydrogen-bond acceptors (Lipinski definition) is 3. The van der Waals surface area contributed by atoms with E-state index in [4.69, 9.17) is 11.6 Å². The second-order valence-electron chi connectivity index (χ2n) is 5.19. The highest BCUT2D eigenvalue weighted by atomic mass is 35.5. The van der Waals surface area contributed by atoms with Crippen LogP contribution in [0.3, 0.4) is 0 Å². The van der Waals surface area contributed by atoms with Crippen molar-refractivity contribution in [2.45, 2.75) is 26.2 Å². The zero-order valence-electron chi connectivity index (χ0n) is 11.4. The normalized spacial score (nSPS) is 22.3. The van der Waals surface area contributed by atoms with Crippen molar-refractivity contribution in [3.8, 4) is 0 Å². The molecule has 2 N–H and O–H groups in total. The second-order valence-corrected chi connectivity index (χ2v) is 5.58. The van der Waals surface area contributed by atoms with Gasteiger partial charge in [0.05, 0.1) is 0 Å². The van der Waals surface area contributed by atoms with Gasteiger partial charge in [-0.25, -0.2) is 4.98 Å². The van der Waals surface area contributed by atoms with Gasteiger partial charge in [0.1, 0.15) is 11.0 Å². The predicted molar refractivity (Wildman–Crippen MR) is 77.6 cm³/mol. The molecule has 2 unspecified atom stereocenters. The van der Waals surface area contributed by atoms with Crippen molar-refractivity contribution in [3.05, 3.63) is 22.8 Å². The van der Waals surface area contributed by atoms with E-state index in [1.165, 1.54) is 19.3 Å². The Morgan fingerprint density at radius 1 is 1.47 bits per heavy atom. The van der Waals surface area contributed by atoms with Crippen LogP contribution in [-0.4, -0.2) is 24.5 Å². The number of hydrogen-bond donors (Lipinski definition) is 2. The van der Waals surface area contributed by atoms with Gasteiger partial charge in [-0.05, 0) is 30.4 Å². The molecule has 1 aliphatic rings. The Bertz CT molecular complexity index is 464. The molecule has 5 heteroatoms. The molecule has 2 rings (SSSR count). The van der Waals surface area contributed by atoms with Crippen LogP contribution < -0.4 is 10.6 Å². The lowest BCUT2D eigenvalue weighted by atomic mass is 9.98. The average Bonchev–Trinajstić information content (AvgIpc) is 2.80. The van der Waals surface area contributed by atoms with E-state index < -0.39 is 0 Å². The summed E-state index contributed by atoms with van der Waals surface area (Å²) in [6, 6.07) is 3.30. The van der Waals surface area contributed by atoms with Crippen molar-refractivity contribution in [1.29, 1.82) is 0 Å². The third kappa shape index (κ3) is 3.60. The number of pyridine rings is 1. The second kappa shape index (κ2) is 6.24. The van der Waals surface area contributed by atoms with Crippen LogP contribution in [0.2, 0.25) is 5.15 Å². The number of nitrogens with one attached hydrogen (secondary N) is 2. The zero-order valence-corrected chi connectivity index (χ0v) is 12.1. The molecule has 1 heterocycles. The maximum atomic E-state index is 12.1. The SMILES string of the molecule is CNc1cc(C(=O)NCC2CCCC2C)cc(Cl)n1. The number of carbonyl (C=O) groups excluding carboxylic acids is 1.